The Morgan fingerprint density at radius 2 is 1.26 bits per heavy atom. The number of ether oxygens (including phenoxy) is 2. The van der Waals surface area contributed by atoms with E-state index < -0.39 is 31.4 Å². The van der Waals surface area contributed by atoms with Crippen molar-refractivity contribution in [3.05, 3.63) is 12.2 Å². The molecule has 8 heteroatoms. The lowest BCUT2D eigenvalue weighted by Gasteiger charge is -2.30. The third-order valence-electron chi connectivity index (χ3n) is 2.99. The maximum absolute atomic E-state index is 12.2. The maximum Gasteiger partial charge on any atom is 0.411 e. The third-order valence-corrected chi connectivity index (χ3v) is 2.99. The summed E-state index contributed by atoms with van der Waals surface area (Å²) < 4.78 is 82.3. The van der Waals surface area contributed by atoms with Crippen molar-refractivity contribution in [2.24, 2.45) is 0 Å². The van der Waals surface area contributed by atoms with Gasteiger partial charge in [0, 0.05) is 6.42 Å². The van der Waals surface area contributed by atoms with Crippen LogP contribution in [0.5, 0.6) is 0 Å². The number of alkyl halides is 6. The summed E-state index contributed by atoms with van der Waals surface area (Å²) in [5.74, 6) is -1.93. The molecule has 0 saturated heterocycles. The van der Waals surface area contributed by atoms with Crippen molar-refractivity contribution >= 4 is 0 Å². The summed E-state index contributed by atoms with van der Waals surface area (Å²) in [5.41, 5.74) is 0. The minimum atomic E-state index is -4.63. The van der Waals surface area contributed by atoms with Crippen LogP contribution in [0.2, 0.25) is 0 Å². The monoisotopic (exact) mass is 350 g/mol. The zero-order chi connectivity index (χ0) is 18.0. The molecule has 0 aromatic heterocycles. The first-order valence-corrected chi connectivity index (χ1v) is 7.54. The Hall–Kier alpha value is -0.760. The average molecular weight is 350 g/mol. The molecular formula is C15H24F6O2. The molecule has 0 bridgehead atoms. The van der Waals surface area contributed by atoms with Gasteiger partial charge in [0.05, 0.1) is 0 Å². The fourth-order valence-corrected chi connectivity index (χ4v) is 1.75. The number of rotatable bonds is 11. The van der Waals surface area contributed by atoms with Crippen LogP contribution >= 0.6 is 0 Å². The summed E-state index contributed by atoms with van der Waals surface area (Å²) >= 11 is 0. The number of halogens is 6. The van der Waals surface area contributed by atoms with Crippen LogP contribution < -0.4 is 0 Å². The molecule has 0 aliphatic rings. The first-order chi connectivity index (χ1) is 10.5. The summed E-state index contributed by atoms with van der Waals surface area (Å²) in [6.07, 6.45) is -1.50. The minimum absolute atomic E-state index is 0.0938. The van der Waals surface area contributed by atoms with Gasteiger partial charge in [-0.3, -0.25) is 0 Å². The van der Waals surface area contributed by atoms with Crippen molar-refractivity contribution in [3.63, 3.8) is 0 Å². The molecule has 0 aromatic rings. The van der Waals surface area contributed by atoms with Crippen molar-refractivity contribution in [2.75, 3.05) is 13.2 Å². The van der Waals surface area contributed by atoms with E-state index in [0.717, 1.165) is 32.6 Å². The van der Waals surface area contributed by atoms with E-state index in [-0.39, 0.29) is 12.8 Å². The number of unbranched alkanes of at least 4 members (excludes halogenated alkanes) is 3. The maximum atomic E-state index is 12.2. The standard InChI is InChI=1S/C15H24F6O2/c1-3-4-5-6-7-8-9-10-13(2,22-11-14(16,17)18)23-12-15(19,20)21/h7-8H,3-6,9-12H2,1-2H3/b8-7+. The summed E-state index contributed by atoms with van der Waals surface area (Å²) in [6, 6.07) is 0. The summed E-state index contributed by atoms with van der Waals surface area (Å²) in [7, 11) is 0. The van der Waals surface area contributed by atoms with E-state index in [9.17, 15) is 26.3 Å². The SMILES string of the molecule is CCCCC/C=C/CCC(C)(OCC(F)(F)F)OCC(F)(F)F. The summed E-state index contributed by atoms with van der Waals surface area (Å²) in [4.78, 5) is 0. The highest BCUT2D eigenvalue weighted by atomic mass is 19.4. The van der Waals surface area contributed by atoms with Crippen LogP contribution in [0.15, 0.2) is 12.2 Å². The molecule has 2 nitrogen and oxygen atoms in total. The van der Waals surface area contributed by atoms with Gasteiger partial charge < -0.3 is 9.47 Å². The second-order valence-corrected chi connectivity index (χ2v) is 5.45. The molecule has 0 unspecified atom stereocenters. The molecule has 0 N–H and O–H groups in total. The van der Waals surface area contributed by atoms with Gasteiger partial charge in [0.1, 0.15) is 13.2 Å². The van der Waals surface area contributed by atoms with Gasteiger partial charge in [0.15, 0.2) is 5.79 Å². The van der Waals surface area contributed by atoms with Gasteiger partial charge in [-0.2, -0.15) is 26.3 Å². The quantitative estimate of drug-likeness (QED) is 0.204. The van der Waals surface area contributed by atoms with Crippen LogP contribution in [-0.4, -0.2) is 31.4 Å². The number of allylic oxidation sites excluding steroid dienone is 2. The second kappa shape index (κ2) is 10.2. The number of hydrogen-bond donors (Lipinski definition) is 0. The summed E-state index contributed by atoms with van der Waals surface area (Å²) in [6.45, 7) is -0.149. The van der Waals surface area contributed by atoms with Crippen LogP contribution in [0, 0.1) is 0 Å². The van der Waals surface area contributed by atoms with E-state index in [1.54, 1.807) is 6.08 Å². The van der Waals surface area contributed by atoms with Gasteiger partial charge in [-0.15, -0.1) is 0 Å². The Morgan fingerprint density at radius 3 is 1.70 bits per heavy atom. The van der Waals surface area contributed by atoms with Crippen molar-refractivity contribution in [1.29, 1.82) is 0 Å². The van der Waals surface area contributed by atoms with E-state index in [4.69, 9.17) is 0 Å². The predicted molar refractivity (Wildman–Crippen MR) is 74.9 cm³/mol. The largest absolute Gasteiger partial charge is 0.411 e. The lowest BCUT2D eigenvalue weighted by atomic mass is 10.1. The normalized spacial score (nSPS) is 13.9. The molecule has 0 fully saturated rings. The fraction of sp³-hybridized carbons (Fsp3) is 0.867. The van der Waals surface area contributed by atoms with Gasteiger partial charge in [0.2, 0.25) is 0 Å². The highest BCUT2D eigenvalue weighted by molar-refractivity contribution is 4.83. The molecule has 0 rings (SSSR count). The van der Waals surface area contributed by atoms with Crippen LogP contribution in [0.1, 0.15) is 52.4 Å². The van der Waals surface area contributed by atoms with Crippen molar-refractivity contribution < 1.29 is 35.8 Å². The molecule has 0 aliphatic heterocycles. The molecule has 138 valence electrons. The zero-order valence-corrected chi connectivity index (χ0v) is 13.4. The highest BCUT2D eigenvalue weighted by Crippen LogP contribution is 2.27. The Balaban J connectivity index is 4.41. The minimum Gasteiger partial charge on any atom is -0.341 e. The molecule has 23 heavy (non-hydrogen) atoms. The summed E-state index contributed by atoms with van der Waals surface area (Å²) in [5, 5.41) is 0. The molecule has 0 saturated carbocycles. The van der Waals surface area contributed by atoms with E-state index >= 15 is 0 Å². The molecular weight excluding hydrogens is 326 g/mol. The lowest BCUT2D eigenvalue weighted by Crippen LogP contribution is -2.39. The van der Waals surface area contributed by atoms with Crippen molar-refractivity contribution in [2.45, 2.75) is 70.5 Å². The van der Waals surface area contributed by atoms with E-state index in [2.05, 4.69) is 16.4 Å². The first kappa shape index (κ1) is 22.2. The van der Waals surface area contributed by atoms with Gasteiger partial charge in [-0.25, -0.2) is 0 Å². The molecule has 0 radical (unpaired) electrons. The molecule has 0 aliphatic carbocycles. The van der Waals surface area contributed by atoms with Crippen LogP contribution in [0.25, 0.3) is 0 Å². The average Bonchev–Trinajstić information content (AvgIpc) is 2.41. The second-order valence-electron chi connectivity index (χ2n) is 5.45. The third kappa shape index (κ3) is 14.6. The van der Waals surface area contributed by atoms with Gasteiger partial charge in [-0.1, -0.05) is 31.9 Å². The van der Waals surface area contributed by atoms with Crippen molar-refractivity contribution in [3.8, 4) is 0 Å². The topological polar surface area (TPSA) is 18.5 Å². The molecule has 0 heterocycles. The van der Waals surface area contributed by atoms with Crippen LogP contribution in [0.3, 0.4) is 0 Å². The number of hydrogen-bond acceptors (Lipinski definition) is 2. The van der Waals surface area contributed by atoms with Crippen molar-refractivity contribution in [1.82, 2.24) is 0 Å². The van der Waals surface area contributed by atoms with Gasteiger partial charge in [0.25, 0.3) is 0 Å². The lowest BCUT2D eigenvalue weighted by molar-refractivity contribution is -0.305. The smallest absolute Gasteiger partial charge is 0.341 e. The van der Waals surface area contributed by atoms with Crippen LogP contribution in [-0.2, 0) is 9.47 Å². The first-order valence-electron chi connectivity index (χ1n) is 7.54. The van der Waals surface area contributed by atoms with Gasteiger partial charge >= 0.3 is 12.4 Å². The molecule has 0 aromatic carbocycles. The Bertz CT molecular complexity index is 318. The van der Waals surface area contributed by atoms with Crippen LogP contribution in [0.4, 0.5) is 26.3 Å². The zero-order valence-electron chi connectivity index (χ0n) is 13.4. The Morgan fingerprint density at radius 1 is 0.783 bits per heavy atom. The Kier molecular flexibility index (Phi) is 9.84. The van der Waals surface area contributed by atoms with E-state index in [1.807, 2.05) is 6.08 Å². The fourth-order valence-electron chi connectivity index (χ4n) is 1.75. The molecule has 0 amide bonds. The molecule has 0 spiro atoms. The predicted octanol–water partition coefficient (Wildman–Crippen LogP) is 5.78. The van der Waals surface area contributed by atoms with E-state index in [1.165, 1.54) is 0 Å². The highest BCUT2D eigenvalue weighted by Gasteiger charge is 2.38. The Labute approximate surface area is 132 Å². The molecule has 0 atom stereocenters. The van der Waals surface area contributed by atoms with Gasteiger partial charge in [-0.05, 0) is 26.2 Å². The van der Waals surface area contributed by atoms with E-state index in [0.29, 0.717) is 0 Å².